The summed E-state index contributed by atoms with van der Waals surface area (Å²) in [5, 5.41) is 0. The lowest BCUT2D eigenvalue weighted by Gasteiger charge is -2.05. The summed E-state index contributed by atoms with van der Waals surface area (Å²) < 4.78 is 4.92. The van der Waals surface area contributed by atoms with Gasteiger partial charge in [0.2, 0.25) is 0 Å². The highest BCUT2D eigenvalue weighted by Gasteiger charge is 2.02. The van der Waals surface area contributed by atoms with Crippen molar-refractivity contribution in [3.8, 4) is 0 Å². The van der Waals surface area contributed by atoms with Crippen LogP contribution < -0.4 is 0 Å². The number of carbonyl (C=O) groups excluding carboxylic acids is 1. The van der Waals surface area contributed by atoms with Crippen LogP contribution in [0.4, 0.5) is 0 Å². The van der Waals surface area contributed by atoms with Crippen LogP contribution in [0.3, 0.4) is 0 Å². The minimum absolute atomic E-state index is 0.122. The van der Waals surface area contributed by atoms with Crippen molar-refractivity contribution in [1.82, 2.24) is 0 Å². The Hall–Kier alpha value is -0.180. The lowest BCUT2D eigenvalue weighted by atomic mass is 10.2. The number of carbonyl (C=O) groups is 1. The molecule has 0 heterocycles. The third-order valence-corrected chi connectivity index (χ3v) is 1.39. The van der Waals surface area contributed by atoms with Gasteiger partial charge in [0, 0.05) is 12.2 Å². The fraction of sp³-hybridized carbons (Fsp3) is 0.875. The number of hydrogen-bond acceptors (Lipinski definition) is 2. The largest absolute Gasteiger partial charge is 0.465 e. The van der Waals surface area contributed by atoms with Crippen LogP contribution >= 0.6 is 12.6 Å². The predicted molar refractivity (Wildman–Crippen MR) is 47.5 cm³/mol. The average molecular weight is 175 g/mol. The fourth-order valence-corrected chi connectivity index (χ4v) is 0.693. The van der Waals surface area contributed by atoms with Crippen LogP contribution in [0.2, 0.25) is 0 Å². The maximum atomic E-state index is 10.8. The van der Waals surface area contributed by atoms with E-state index in [1.165, 1.54) is 0 Å². The summed E-state index contributed by atoms with van der Waals surface area (Å²) in [5.41, 5.74) is 0. The minimum atomic E-state index is -0.122. The molecule has 0 aromatic rings. The van der Waals surface area contributed by atoms with Crippen LogP contribution in [-0.4, -0.2) is 18.3 Å². The van der Waals surface area contributed by atoms with Crippen LogP contribution in [0.25, 0.3) is 0 Å². The molecule has 0 aliphatic carbocycles. The molecule has 0 atom stereocenters. The first-order valence-electron chi connectivity index (χ1n) is 3.90. The van der Waals surface area contributed by atoms with E-state index in [0.717, 1.165) is 6.42 Å². The molecular formula is C8H15O2S. The topological polar surface area (TPSA) is 26.3 Å². The second kappa shape index (κ2) is 6.53. The second-order valence-corrected chi connectivity index (χ2v) is 3.29. The molecule has 0 unspecified atom stereocenters. The molecule has 0 aliphatic rings. The average Bonchev–Trinajstić information content (AvgIpc) is 1.97. The normalized spacial score (nSPS) is 10.2. The van der Waals surface area contributed by atoms with Gasteiger partial charge in [-0.15, -0.1) is 0 Å². The maximum Gasteiger partial charge on any atom is 0.305 e. The van der Waals surface area contributed by atoms with Gasteiger partial charge in [0.15, 0.2) is 0 Å². The molecule has 2 nitrogen and oxygen atoms in total. The van der Waals surface area contributed by atoms with E-state index in [-0.39, 0.29) is 5.97 Å². The third-order valence-electron chi connectivity index (χ3n) is 1.10. The highest BCUT2D eigenvalue weighted by Crippen LogP contribution is 1.98. The summed E-state index contributed by atoms with van der Waals surface area (Å²) in [6, 6.07) is 0. The van der Waals surface area contributed by atoms with Crippen LogP contribution in [0.15, 0.2) is 0 Å². The summed E-state index contributed by atoms with van der Waals surface area (Å²) in [6.07, 6.45) is 1.22. The Morgan fingerprint density at radius 3 is 2.64 bits per heavy atom. The predicted octanol–water partition coefficient (Wildman–Crippen LogP) is 2.16. The minimum Gasteiger partial charge on any atom is -0.465 e. The molecule has 0 rings (SSSR count). The smallest absolute Gasteiger partial charge is 0.305 e. The van der Waals surface area contributed by atoms with E-state index in [9.17, 15) is 4.79 Å². The van der Waals surface area contributed by atoms with E-state index in [2.05, 4.69) is 0 Å². The van der Waals surface area contributed by atoms with Crippen molar-refractivity contribution in [3.63, 3.8) is 0 Å². The van der Waals surface area contributed by atoms with Gasteiger partial charge in [0.25, 0.3) is 0 Å². The van der Waals surface area contributed by atoms with Gasteiger partial charge in [-0.25, -0.2) is 0 Å². The van der Waals surface area contributed by atoms with Crippen molar-refractivity contribution in [2.45, 2.75) is 26.7 Å². The monoisotopic (exact) mass is 175 g/mol. The molecule has 0 spiro atoms. The zero-order chi connectivity index (χ0) is 8.69. The van der Waals surface area contributed by atoms with Crippen LogP contribution in [0, 0.1) is 5.92 Å². The van der Waals surface area contributed by atoms with Gasteiger partial charge in [0.05, 0.1) is 6.61 Å². The van der Waals surface area contributed by atoms with Gasteiger partial charge in [-0.1, -0.05) is 26.5 Å². The Bertz CT molecular complexity index is 113. The number of ether oxygens (including phenoxy) is 1. The molecule has 0 amide bonds. The number of esters is 1. The summed E-state index contributed by atoms with van der Waals surface area (Å²) in [7, 11) is 0. The van der Waals surface area contributed by atoms with Crippen molar-refractivity contribution >= 4 is 18.6 Å². The SMILES string of the molecule is CC(C)COC(=O)CCC[S]. The first kappa shape index (κ1) is 10.8. The van der Waals surface area contributed by atoms with Crippen molar-refractivity contribution in [2.75, 3.05) is 12.4 Å². The van der Waals surface area contributed by atoms with Gasteiger partial charge >= 0.3 is 5.97 Å². The maximum absolute atomic E-state index is 10.8. The van der Waals surface area contributed by atoms with Gasteiger partial charge in [0.1, 0.15) is 0 Å². The molecule has 3 heteroatoms. The zero-order valence-electron chi connectivity index (χ0n) is 7.13. The van der Waals surface area contributed by atoms with E-state index < -0.39 is 0 Å². The Morgan fingerprint density at radius 1 is 1.55 bits per heavy atom. The van der Waals surface area contributed by atoms with Crippen molar-refractivity contribution < 1.29 is 9.53 Å². The molecule has 0 N–H and O–H groups in total. The highest BCUT2D eigenvalue weighted by molar-refractivity contribution is 7.80. The van der Waals surface area contributed by atoms with Crippen molar-refractivity contribution in [1.29, 1.82) is 0 Å². The van der Waals surface area contributed by atoms with Gasteiger partial charge < -0.3 is 4.74 Å². The lowest BCUT2D eigenvalue weighted by Crippen LogP contribution is -2.09. The van der Waals surface area contributed by atoms with E-state index in [4.69, 9.17) is 17.4 Å². The summed E-state index contributed by atoms with van der Waals surface area (Å²) in [5.74, 6) is 0.933. The zero-order valence-corrected chi connectivity index (χ0v) is 7.95. The molecule has 0 saturated heterocycles. The van der Waals surface area contributed by atoms with E-state index in [1.807, 2.05) is 13.8 Å². The summed E-state index contributed by atoms with van der Waals surface area (Å²) >= 11 is 4.70. The molecule has 0 saturated carbocycles. The fourth-order valence-electron chi connectivity index (χ4n) is 0.548. The molecular weight excluding hydrogens is 160 g/mol. The Morgan fingerprint density at radius 2 is 2.18 bits per heavy atom. The summed E-state index contributed by atoms with van der Waals surface area (Å²) in [6.45, 7) is 4.55. The van der Waals surface area contributed by atoms with E-state index in [0.29, 0.717) is 24.7 Å². The highest BCUT2D eigenvalue weighted by atomic mass is 32.1. The van der Waals surface area contributed by atoms with Crippen LogP contribution in [0.1, 0.15) is 26.7 Å². The molecule has 1 radical (unpaired) electrons. The lowest BCUT2D eigenvalue weighted by molar-refractivity contribution is -0.144. The molecule has 0 aromatic heterocycles. The quantitative estimate of drug-likeness (QED) is 0.598. The number of rotatable bonds is 5. The summed E-state index contributed by atoms with van der Waals surface area (Å²) in [4.78, 5) is 10.8. The van der Waals surface area contributed by atoms with Crippen LogP contribution in [0.5, 0.6) is 0 Å². The Labute approximate surface area is 73.7 Å². The van der Waals surface area contributed by atoms with Crippen molar-refractivity contribution in [2.24, 2.45) is 5.92 Å². The van der Waals surface area contributed by atoms with Crippen LogP contribution in [-0.2, 0) is 9.53 Å². The van der Waals surface area contributed by atoms with E-state index >= 15 is 0 Å². The number of hydrogen-bond donors (Lipinski definition) is 0. The molecule has 0 aliphatic heterocycles. The molecule has 0 fully saturated rings. The van der Waals surface area contributed by atoms with Gasteiger partial charge in [-0.2, -0.15) is 0 Å². The Balaban J connectivity index is 3.23. The van der Waals surface area contributed by atoms with Gasteiger partial charge in [-0.3, -0.25) is 4.79 Å². The first-order valence-corrected chi connectivity index (χ1v) is 4.48. The van der Waals surface area contributed by atoms with E-state index in [1.54, 1.807) is 0 Å². The second-order valence-electron chi connectivity index (χ2n) is 2.88. The molecule has 0 bridgehead atoms. The first-order chi connectivity index (χ1) is 5.16. The molecule has 0 aromatic carbocycles. The van der Waals surface area contributed by atoms with Gasteiger partial charge in [-0.05, 0) is 12.3 Å². The molecule has 65 valence electrons. The standard InChI is InChI=1S/C8H15O2S/c1-7(2)6-10-8(9)4-3-5-11/h7H,3-6H2,1-2H3. The molecule has 11 heavy (non-hydrogen) atoms. The Kier molecular flexibility index (Phi) is 6.42. The third kappa shape index (κ3) is 7.72. The van der Waals surface area contributed by atoms with Crippen molar-refractivity contribution in [3.05, 3.63) is 0 Å².